The number of cyclic esters (lactones) is 1. The first-order valence-corrected chi connectivity index (χ1v) is 22.8. The van der Waals surface area contributed by atoms with E-state index in [0.717, 1.165) is 34.4 Å². The summed E-state index contributed by atoms with van der Waals surface area (Å²) in [4.78, 5) is 56.1. The van der Waals surface area contributed by atoms with E-state index in [9.17, 15) is 19.2 Å². The molecular formula is C50H61NO7Si. The van der Waals surface area contributed by atoms with Gasteiger partial charge in [-0.2, -0.15) is 0 Å². The molecule has 0 saturated carbocycles. The molecule has 0 radical (unpaired) electrons. The molecule has 312 valence electrons. The molecule has 2 aliphatic rings. The topological polar surface area (TPSA) is 99.2 Å². The van der Waals surface area contributed by atoms with Crippen molar-refractivity contribution in [1.29, 1.82) is 0 Å². The van der Waals surface area contributed by atoms with Crippen LogP contribution in [0.2, 0.25) is 5.04 Å². The minimum absolute atomic E-state index is 0.0348. The molecule has 8 nitrogen and oxygen atoms in total. The van der Waals surface area contributed by atoms with Gasteiger partial charge in [-0.25, -0.2) is 4.79 Å². The number of allylic oxidation sites excluding steroid dienone is 5. The molecule has 0 spiro atoms. The average Bonchev–Trinajstić information content (AvgIpc) is 3.21. The molecule has 0 N–H and O–H groups in total. The predicted octanol–water partition coefficient (Wildman–Crippen LogP) is 8.85. The summed E-state index contributed by atoms with van der Waals surface area (Å²) in [6.45, 7) is 12.6. The fraction of sp³-hybridized carbons (Fsp3) is 0.400. The average molecular weight is 816 g/mol. The summed E-state index contributed by atoms with van der Waals surface area (Å²) < 4.78 is 18.8. The molecule has 3 aromatic carbocycles. The van der Waals surface area contributed by atoms with Crippen LogP contribution in [0.25, 0.3) is 0 Å². The maximum atomic E-state index is 14.5. The van der Waals surface area contributed by atoms with E-state index in [2.05, 4.69) is 51.1 Å². The molecule has 2 amide bonds. The molecule has 59 heavy (non-hydrogen) atoms. The van der Waals surface area contributed by atoms with Crippen molar-refractivity contribution in [2.45, 2.75) is 104 Å². The standard InChI is InChI=1S/C50H61NO7Si/c1-36-20-14-10-8-9-11-19-25-48(55)57-49(36)38(3)30-37(2)45(52)34-42(31-40-32-46(53)51(47(54)33-40)35-39-26-28-41(56-7)29-27-39)58-59(50(4,5)6,43-21-15-12-16-22-43)44-23-17-13-18-24-44/h8,10,12-30,36-37,40,42,49H,9,11,31-35H2,1-7H3/b10-8+,20-14-,25-19+,38-30+/t36-,37-,42+,49?/m0/s1. The van der Waals surface area contributed by atoms with E-state index in [0.29, 0.717) is 12.2 Å². The van der Waals surface area contributed by atoms with Gasteiger partial charge in [0, 0.05) is 37.2 Å². The monoisotopic (exact) mass is 815 g/mol. The zero-order valence-electron chi connectivity index (χ0n) is 35.8. The Morgan fingerprint density at radius 3 is 2.05 bits per heavy atom. The third kappa shape index (κ3) is 11.8. The van der Waals surface area contributed by atoms with Gasteiger partial charge in [0.25, 0.3) is 8.32 Å². The van der Waals surface area contributed by atoms with E-state index in [-0.39, 0.29) is 60.3 Å². The van der Waals surface area contributed by atoms with Crippen LogP contribution in [0.15, 0.2) is 133 Å². The number of carbonyl (C=O) groups excluding carboxylic acids is 4. The number of nitrogens with zero attached hydrogens (tertiary/aromatic N) is 1. The van der Waals surface area contributed by atoms with Crippen LogP contribution in [0.4, 0.5) is 0 Å². The van der Waals surface area contributed by atoms with Gasteiger partial charge in [0.15, 0.2) is 0 Å². The minimum atomic E-state index is -3.14. The van der Waals surface area contributed by atoms with Crippen molar-refractivity contribution in [3.8, 4) is 5.75 Å². The summed E-state index contributed by atoms with van der Waals surface area (Å²) in [6.07, 6.45) is 14.5. The number of Topliss-reactive ketones (excluding diaryl/α,β-unsaturated/α-hetero) is 1. The highest BCUT2D eigenvalue weighted by atomic mass is 28.4. The van der Waals surface area contributed by atoms with Crippen molar-refractivity contribution >= 4 is 42.3 Å². The largest absolute Gasteiger partial charge is 0.497 e. The normalized spacial score (nSPS) is 21.4. The van der Waals surface area contributed by atoms with Gasteiger partial charge in [-0.1, -0.05) is 144 Å². The Hall–Kier alpha value is -5.12. The molecule has 1 saturated heterocycles. The van der Waals surface area contributed by atoms with Gasteiger partial charge in [-0.05, 0) is 70.8 Å². The van der Waals surface area contributed by atoms with Gasteiger partial charge < -0.3 is 13.9 Å². The summed E-state index contributed by atoms with van der Waals surface area (Å²) in [5.41, 5.74) is 1.63. The number of esters is 1. The molecule has 4 atom stereocenters. The Morgan fingerprint density at radius 1 is 0.881 bits per heavy atom. The van der Waals surface area contributed by atoms with Gasteiger partial charge in [0.05, 0.1) is 19.8 Å². The first kappa shape index (κ1) is 45.0. The second kappa shape index (κ2) is 20.7. The number of rotatable bonds is 14. The van der Waals surface area contributed by atoms with E-state index in [1.807, 2.05) is 112 Å². The van der Waals surface area contributed by atoms with E-state index >= 15 is 0 Å². The first-order chi connectivity index (χ1) is 28.2. The van der Waals surface area contributed by atoms with Crippen LogP contribution in [0.1, 0.15) is 85.6 Å². The minimum Gasteiger partial charge on any atom is -0.497 e. The maximum absolute atomic E-state index is 14.5. The summed E-state index contributed by atoms with van der Waals surface area (Å²) >= 11 is 0. The fourth-order valence-corrected chi connectivity index (χ4v) is 13.0. The fourth-order valence-electron chi connectivity index (χ4n) is 8.33. The number of methoxy groups -OCH3 is 1. The van der Waals surface area contributed by atoms with Gasteiger partial charge in [0.2, 0.25) is 11.8 Å². The molecule has 9 heteroatoms. The highest BCUT2D eigenvalue weighted by Crippen LogP contribution is 2.40. The van der Waals surface area contributed by atoms with Crippen molar-refractivity contribution in [3.05, 3.63) is 139 Å². The van der Waals surface area contributed by atoms with Crippen LogP contribution < -0.4 is 15.1 Å². The van der Waals surface area contributed by atoms with Crippen LogP contribution in [0.5, 0.6) is 5.75 Å². The number of ketones is 1. The third-order valence-electron chi connectivity index (χ3n) is 11.4. The lowest BCUT2D eigenvalue weighted by molar-refractivity contribution is -0.151. The number of ether oxygens (including phenoxy) is 2. The summed E-state index contributed by atoms with van der Waals surface area (Å²) in [6, 6.07) is 27.9. The Labute approximate surface area is 352 Å². The third-order valence-corrected chi connectivity index (χ3v) is 16.5. The van der Waals surface area contributed by atoms with Crippen molar-refractivity contribution < 1.29 is 33.1 Å². The number of carbonyl (C=O) groups is 4. The number of likely N-dealkylation sites (tertiary alicyclic amines) is 1. The molecule has 2 aliphatic heterocycles. The highest BCUT2D eigenvalue weighted by Gasteiger charge is 2.52. The van der Waals surface area contributed by atoms with Crippen LogP contribution in [0.3, 0.4) is 0 Å². The second-order valence-corrected chi connectivity index (χ2v) is 21.3. The molecule has 5 rings (SSSR count). The van der Waals surface area contributed by atoms with E-state index in [4.69, 9.17) is 13.9 Å². The van der Waals surface area contributed by atoms with Crippen LogP contribution >= 0.6 is 0 Å². The lowest BCUT2D eigenvalue weighted by Gasteiger charge is -2.46. The van der Waals surface area contributed by atoms with Crippen molar-refractivity contribution in [1.82, 2.24) is 4.90 Å². The lowest BCUT2D eigenvalue weighted by Crippen LogP contribution is -2.68. The summed E-state index contributed by atoms with van der Waals surface area (Å²) in [5.74, 6) is -1.18. The van der Waals surface area contributed by atoms with Crippen molar-refractivity contribution in [2.75, 3.05) is 7.11 Å². The van der Waals surface area contributed by atoms with Crippen LogP contribution in [-0.2, 0) is 34.9 Å². The predicted molar refractivity (Wildman–Crippen MR) is 237 cm³/mol. The maximum Gasteiger partial charge on any atom is 0.331 e. The molecule has 0 bridgehead atoms. The zero-order chi connectivity index (χ0) is 42.6. The van der Waals surface area contributed by atoms with Crippen molar-refractivity contribution in [3.63, 3.8) is 0 Å². The quantitative estimate of drug-likeness (QED) is 0.0694. The first-order valence-electron chi connectivity index (χ1n) is 20.9. The zero-order valence-corrected chi connectivity index (χ0v) is 36.8. The smallest absolute Gasteiger partial charge is 0.331 e. The van der Waals surface area contributed by atoms with E-state index in [1.165, 1.54) is 11.0 Å². The van der Waals surface area contributed by atoms with Crippen molar-refractivity contribution in [2.24, 2.45) is 17.8 Å². The van der Waals surface area contributed by atoms with E-state index in [1.54, 1.807) is 7.11 Å². The number of amides is 2. The summed E-state index contributed by atoms with van der Waals surface area (Å²) in [7, 11) is -1.55. The number of imide groups is 1. The molecule has 3 aromatic rings. The molecule has 2 heterocycles. The molecular weight excluding hydrogens is 755 g/mol. The second-order valence-electron chi connectivity index (χ2n) is 17.0. The lowest BCUT2D eigenvalue weighted by atomic mass is 9.87. The number of piperidine rings is 1. The SMILES string of the molecule is COc1ccc(CN2C(=O)CC(C[C@H](CC(=O)[C@@H](C)/C=C(\C)C3OC(=O)/C=C/CC/C=C/C=C\[C@@H]3C)O[Si](c3ccccc3)(c3ccccc3)C(C)(C)C)CC2=O)cc1. The van der Waals surface area contributed by atoms with Gasteiger partial charge >= 0.3 is 5.97 Å². The number of benzene rings is 3. The Bertz CT molecular complexity index is 1960. The molecule has 1 unspecified atom stereocenters. The Morgan fingerprint density at radius 2 is 1.47 bits per heavy atom. The Kier molecular flexibility index (Phi) is 15.8. The summed E-state index contributed by atoms with van der Waals surface area (Å²) in [5, 5.41) is 1.80. The molecule has 1 fully saturated rings. The highest BCUT2D eigenvalue weighted by molar-refractivity contribution is 6.99. The molecule has 0 aromatic heterocycles. The number of hydrogen-bond donors (Lipinski definition) is 0. The number of hydrogen-bond acceptors (Lipinski definition) is 7. The van der Waals surface area contributed by atoms with E-state index < -0.39 is 32.4 Å². The van der Waals surface area contributed by atoms with Crippen LogP contribution in [0, 0.1) is 17.8 Å². The van der Waals surface area contributed by atoms with Gasteiger partial charge in [-0.15, -0.1) is 0 Å². The Balaban J connectivity index is 1.46. The molecule has 0 aliphatic carbocycles. The van der Waals surface area contributed by atoms with Gasteiger partial charge in [0.1, 0.15) is 17.6 Å². The van der Waals surface area contributed by atoms with Crippen LogP contribution in [-0.4, -0.2) is 56.1 Å². The van der Waals surface area contributed by atoms with Gasteiger partial charge in [-0.3, -0.25) is 19.3 Å².